The number of benzene rings is 2. The first-order valence-electron chi connectivity index (χ1n) is 5.62. The summed E-state index contributed by atoms with van der Waals surface area (Å²) in [5.74, 6) is 0.456. The second kappa shape index (κ2) is 6.09. The molecule has 1 unspecified atom stereocenters. The molecule has 1 atom stereocenters. The summed E-state index contributed by atoms with van der Waals surface area (Å²) in [6, 6.07) is 19.0. The van der Waals surface area contributed by atoms with Crippen molar-refractivity contribution in [3.63, 3.8) is 0 Å². The summed E-state index contributed by atoms with van der Waals surface area (Å²) in [5, 5.41) is 9.82. The van der Waals surface area contributed by atoms with Gasteiger partial charge in [0, 0.05) is 5.02 Å². The van der Waals surface area contributed by atoms with Crippen LogP contribution >= 0.6 is 11.6 Å². The third kappa shape index (κ3) is 3.26. The lowest BCUT2D eigenvalue weighted by atomic mass is 10.0. The zero-order chi connectivity index (χ0) is 12.8. The molecule has 0 spiro atoms. The average molecular weight is 258 g/mol. The molecule has 2 rings (SSSR count). The van der Waals surface area contributed by atoms with E-state index in [0.717, 1.165) is 11.3 Å². The van der Waals surface area contributed by atoms with E-state index in [1.165, 1.54) is 0 Å². The number of nitrogens with zero attached hydrogens (tertiary/aromatic N) is 1. The van der Waals surface area contributed by atoms with Gasteiger partial charge in [-0.15, -0.1) is 0 Å². The first-order valence-corrected chi connectivity index (χ1v) is 6.00. The summed E-state index contributed by atoms with van der Waals surface area (Å²) < 4.78 is 5.59. The minimum Gasteiger partial charge on any atom is -0.492 e. The van der Waals surface area contributed by atoms with Gasteiger partial charge in [-0.3, -0.25) is 0 Å². The van der Waals surface area contributed by atoms with E-state index >= 15 is 0 Å². The van der Waals surface area contributed by atoms with Gasteiger partial charge >= 0.3 is 0 Å². The van der Waals surface area contributed by atoms with Crippen LogP contribution in [0.15, 0.2) is 54.6 Å². The van der Waals surface area contributed by atoms with Crippen molar-refractivity contribution in [1.29, 1.82) is 5.26 Å². The summed E-state index contributed by atoms with van der Waals surface area (Å²) in [5.41, 5.74) is 0.967. The molecule has 0 saturated carbocycles. The van der Waals surface area contributed by atoms with E-state index in [9.17, 15) is 0 Å². The smallest absolute Gasteiger partial charge is 0.119 e. The van der Waals surface area contributed by atoms with Gasteiger partial charge in [-0.05, 0) is 29.8 Å². The summed E-state index contributed by atoms with van der Waals surface area (Å²) in [7, 11) is 0. The topological polar surface area (TPSA) is 33.0 Å². The molecule has 0 radical (unpaired) electrons. The molecule has 0 aliphatic heterocycles. The third-order valence-corrected chi connectivity index (χ3v) is 2.84. The predicted molar refractivity (Wildman–Crippen MR) is 71.7 cm³/mol. The van der Waals surface area contributed by atoms with Crippen LogP contribution in [0.2, 0.25) is 5.02 Å². The molecule has 2 nitrogen and oxygen atoms in total. The zero-order valence-corrected chi connectivity index (χ0v) is 10.5. The summed E-state index contributed by atoms with van der Waals surface area (Å²) in [6.45, 7) is 0.335. The van der Waals surface area contributed by atoms with Crippen molar-refractivity contribution in [3.8, 4) is 11.8 Å². The van der Waals surface area contributed by atoms with Gasteiger partial charge in [-0.2, -0.15) is 5.26 Å². The summed E-state index contributed by atoms with van der Waals surface area (Å²) in [4.78, 5) is 0. The molecule has 2 aromatic rings. The van der Waals surface area contributed by atoms with Crippen LogP contribution in [-0.4, -0.2) is 6.61 Å². The minimum absolute atomic E-state index is 0.262. The standard InChI is InChI=1S/C15H12ClNO/c16-14-6-8-15(9-7-14)18-11-13(10-17)12-4-2-1-3-5-12/h1-9,13H,11H2. The Hall–Kier alpha value is -1.98. The van der Waals surface area contributed by atoms with Crippen LogP contribution in [-0.2, 0) is 0 Å². The van der Waals surface area contributed by atoms with E-state index in [4.69, 9.17) is 21.6 Å². The number of halogens is 1. The highest BCUT2D eigenvalue weighted by Crippen LogP contribution is 2.19. The van der Waals surface area contributed by atoms with Gasteiger partial charge < -0.3 is 4.74 Å². The molecule has 0 heterocycles. The maximum absolute atomic E-state index is 9.15. The maximum Gasteiger partial charge on any atom is 0.119 e. The maximum atomic E-state index is 9.15. The number of rotatable bonds is 4. The molecule has 0 saturated heterocycles. The molecule has 0 aliphatic rings. The molecular weight excluding hydrogens is 246 g/mol. The van der Waals surface area contributed by atoms with Crippen LogP contribution in [0, 0.1) is 11.3 Å². The largest absolute Gasteiger partial charge is 0.492 e. The Morgan fingerprint density at radius 2 is 1.72 bits per heavy atom. The van der Waals surface area contributed by atoms with Crippen LogP contribution in [0.1, 0.15) is 11.5 Å². The van der Waals surface area contributed by atoms with Crippen molar-refractivity contribution in [2.45, 2.75) is 5.92 Å². The van der Waals surface area contributed by atoms with Crippen molar-refractivity contribution in [1.82, 2.24) is 0 Å². The van der Waals surface area contributed by atoms with Crippen LogP contribution < -0.4 is 4.74 Å². The van der Waals surface area contributed by atoms with E-state index in [2.05, 4.69) is 6.07 Å². The summed E-state index contributed by atoms with van der Waals surface area (Å²) >= 11 is 5.79. The van der Waals surface area contributed by atoms with Crippen LogP contribution in [0.5, 0.6) is 5.75 Å². The molecule has 0 N–H and O–H groups in total. The SMILES string of the molecule is N#CC(COc1ccc(Cl)cc1)c1ccccc1. The Morgan fingerprint density at radius 1 is 1.06 bits per heavy atom. The number of ether oxygens (including phenoxy) is 1. The van der Waals surface area contributed by atoms with Crippen molar-refractivity contribution < 1.29 is 4.74 Å². The van der Waals surface area contributed by atoms with Crippen molar-refractivity contribution in [2.24, 2.45) is 0 Å². The Balaban J connectivity index is 2.00. The number of hydrogen-bond acceptors (Lipinski definition) is 2. The highest BCUT2D eigenvalue weighted by Gasteiger charge is 2.10. The molecular formula is C15H12ClNO. The van der Waals surface area contributed by atoms with Gasteiger partial charge in [0.25, 0.3) is 0 Å². The second-order valence-electron chi connectivity index (χ2n) is 3.86. The van der Waals surface area contributed by atoms with Gasteiger partial charge in [0.15, 0.2) is 0 Å². The van der Waals surface area contributed by atoms with Crippen LogP contribution in [0.3, 0.4) is 0 Å². The predicted octanol–water partition coefficient (Wildman–Crippen LogP) is 4.03. The second-order valence-corrected chi connectivity index (χ2v) is 4.29. The Morgan fingerprint density at radius 3 is 2.33 bits per heavy atom. The highest BCUT2D eigenvalue weighted by molar-refractivity contribution is 6.30. The van der Waals surface area contributed by atoms with Gasteiger partial charge in [-0.1, -0.05) is 41.9 Å². The van der Waals surface area contributed by atoms with E-state index in [-0.39, 0.29) is 5.92 Å². The molecule has 0 fully saturated rings. The summed E-state index contributed by atoms with van der Waals surface area (Å²) in [6.07, 6.45) is 0. The zero-order valence-electron chi connectivity index (χ0n) is 9.71. The molecule has 2 aromatic carbocycles. The Kier molecular flexibility index (Phi) is 4.22. The third-order valence-electron chi connectivity index (χ3n) is 2.59. The first-order chi connectivity index (χ1) is 8.79. The fourth-order valence-electron chi connectivity index (χ4n) is 1.60. The monoisotopic (exact) mass is 257 g/mol. The molecule has 0 aromatic heterocycles. The molecule has 0 aliphatic carbocycles. The van der Waals surface area contributed by atoms with Crippen LogP contribution in [0.4, 0.5) is 0 Å². The highest BCUT2D eigenvalue weighted by atomic mass is 35.5. The van der Waals surface area contributed by atoms with Crippen molar-refractivity contribution in [2.75, 3.05) is 6.61 Å². The minimum atomic E-state index is -0.262. The molecule has 0 bridgehead atoms. The Labute approximate surface area is 111 Å². The lowest BCUT2D eigenvalue weighted by Gasteiger charge is -2.11. The van der Waals surface area contributed by atoms with Gasteiger partial charge in [-0.25, -0.2) is 0 Å². The quantitative estimate of drug-likeness (QED) is 0.829. The fourth-order valence-corrected chi connectivity index (χ4v) is 1.73. The average Bonchev–Trinajstić information content (AvgIpc) is 2.43. The van der Waals surface area contributed by atoms with Gasteiger partial charge in [0.1, 0.15) is 18.3 Å². The van der Waals surface area contributed by atoms with Gasteiger partial charge in [0.2, 0.25) is 0 Å². The van der Waals surface area contributed by atoms with Crippen molar-refractivity contribution >= 4 is 11.6 Å². The lowest BCUT2D eigenvalue weighted by molar-refractivity contribution is 0.308. The number of nitriles is 1. The van der Waals surface area contributed by atoms with E-state index < -0.39 is 0 Å². The van der Waals surface area contributed by atoms with E-state index in [1.54, 1.807) is 24.3 Å². The van der Waals surface area contributed by atoms with E-state index in [1.807, 2.05) is 30.3 Å². The fraction of sp³-hybridized carbons (Fsp3) is 0.133. The number of hydrogen-bond donors (Lipinski definition) is 0. The van der Waals surface area contributed by atoms with Crippen molar-refractivity contribution in [3.05, 3.63) is 65.2 Å². The van der Waals surface area contributed by atoms with Gasteiger partial charge in [0.05, 0.1) is 6.07 Å². The van der Waals surface area contributed by atoms with Crippen LogP contribution in [0.25, 0.3) is 0 Å². The Bertz CT molecular complexity index is 531. The molecule has 3 heteroatoms. The first kappa shape index (κ1) is 12.5. The normalized spacial score (nSPS) is 11.6. The lowest BCUT2D eigenvalue weighted by Crippen LogP contribution is -2.08. The molecule has 18 heavy (non-hydrogen) atoms. The molecule has 0 amide bonds. The molecule has 90 valence electrons. The van der Waals surface area contributed by atoms with E-state index in [0.29, 0.717) is 11.6 Å².